The summed E-state index contributed by atoms with van der Waals surface area (Å²) in [5.41, 5.74) is 0.591. The second-order valence-corrected chi connectivity index (χ2v) is 6.79. The Morgan fingerprint density at radius 1 is 1.11 bits per heavy atom. The molecule has 0 saturated heterocycles. The summed E-state index contributed by atoms with van der Waals surface area (Å²) in [4.78, 5) is 11.2. The topological polar surface area (TPSA) is 42.2 Å². The molecule has 0 spiro atoms. The second-order valence-electron chi connectivity index (χ2n) is 6.79. The summed E-state index contributed by atoms with van der Waals surface area (Å²) in [6, 6.07) is 9.33. The number of carboxylic acids is 1. The molecule has 0 atom stereocenters. The third kappa shape index (κ3) is 3.29. The van der Waals surface area contributed by atoms with E-state index in [1.54, 1.807) is 12.1 Å². The molecule has 2 aromatic carbocycles. The molecule has 0 radical (unpaired) electrons. The Kier molecular flexibility index (Phi) is 3.98. The molecular weight excluding hydrogens is 362 g/mol. The van der Waals surface area contributed by atoms with Crippen molar-refractivity contribution < 1.29 is 27.5 Å². The first-order valence-corrected chi connectivity index (χ1v) is 8.47. The van der Waals surface area contributed by atoms with E-state index in [0.29, 0.717) is 17.1 Å². The van der Waals surface area contributed by atoms with Crippen molar-refractivity contribution in [3.63, 3.8) is 0 Å². The van der Waals surface area contributed by atoms with Gasteiger partial charge in [-0.25, -0.2) is 9.18 Å². The number of alkyl halides is 3. The van der Waals surface area contributed by atoms with Gasteiger partial charge in [0.2, 0.25) is 0 Å². The molecule has 1 aliphatic carbocycles. The smallest absolute Gasteiger partial charge is 0.416 e. The highest BCUT2D eigenvalue weighted by atomic mass is 19.4. The Bertz CT molecular complexity index is 1050. The first kappa shape index (κ1) is 17.6. The fourth-order valence-corrected chi connectivity index (χ4v) is 3.49. The normalized spacial score (nSPS) is 14.7. The molecule has 1 aliphatic rings. The van der Waals surface area contributed by atoms with Gasteiger partial charge in [-0.2, -0.15) is 13.2 Å². The standard InChI is InChI=1S/C20H15F4NO2/c21-14-3-1-11(17(10-14)20(22,23)24)8-16-9-13-7-12(19(26)27)2-6-18(13)25(16)15-4-5-15/h1-3,6-7,9-10,15H,4-5,8H2,(H,26,27). The van der Waals surface area contributed by atoms with Gasteiger partial charge in [0.25, 0.3) is 0 Å². The van der Waals surface area contributed by atoms with Crippen molar-refractivity contribution in [1.29, 1.82) is 0 Å². The molecule has 1 saturated carbocycles. The minimum atomic E-state index is -4.65. The molecule has 1 aromatic heterocycles. The first-order valence-electron chi connectivity index (χ1n) is 8.47. The van der Waals surface area contributed by atoms with Crippen molar-refractivity contribution in [2.75, 3.05) is 0 Å². The van der Waals surface area contributed by atoms with Gasteiger partial charge in [0.05, 0.1) is 11.1 Å². The fourth-order valence-electron chi connectivity index (χ4n) is 3.49. The maximum Gasteiger partial charge on any atom is 0.416 e. The molecule has 0 aliphatic heterocycles. The summed E-state index contributed by atoms with van der Waals surface area (Å²) in [7, 11) is 0. The van der Waals surface area contributed by atoms with E-state index in [2.05, 4.69) is 0 Å². The Balaban J connectivity index is 1.83. The highest BCUT2D eigenvalue weighted by Crippen LogP contribution is 2.41. The largest absolute Gasteiger partial charge is 0.478 e. The number of nitrogens with zero attached hydrogens (tertiary/aromatic N) is 1. The minimum absolute atomic E-state index is 0.00735. The van der Waals surface area contributed by atoms with Gasteiger partial charge in [0, 0.05) is 29.1 Å². The third-order valence-corrected chi connectivity index (χ3v) is 4.83. The predicted octanol–water partition coefficient (Wildman–Crippen LogP) is 5.42. The number of fused-ring (bicyclic) bond motifs is 1. The maximum absolute atomic E-state index is 13.4. The average Bonchev–Trinajstić information content (AvgIpc) is 3.36. The zero-order chi connectivity index (χ0) is 19.3. The van der Waals surface area contributed by atoms with Gasteiger partial charge < -0.3 is 9.67 Å². The predicted molar refractivity (Wildman–Crippen MR) is 91.4 cm³/mol. The zero-order valence-electron chi connectivity index (χ0n) is 14.1. The highest BCUT2D eigenvalue weighted by Gasteiger charge is 2.34. The maximum atomic E-state index is 13.4. The van der Waals surface area contributed by atoms with Crippen molar-refractivity contribution in [1.82, 2.24) is 4.57 Å². The van der Waals surface area contributed by atoms with Gasteiger partial charge in [-0.05, 0) is 54.8 Å². The molecule has 1 fully saturated rings. The van der Waals surface area contributed by atoms with Crippen molar-refractivity contribution >= 4 is 16.9 Å². The van der Waals surface area contributed by atoms with Crippen LogP contribution in [0.5, 0.6) is 0 Å². The van der Waals surface area contributed by atoms with Crippen LogP contribution >= 0.6 is 0 Å². The van der Waals surface area contributed by atoms with E-state index in [0.717, 1.165) is 30.5 Å². The van der Waals surface area contributed by atoms with E-state index >= 15 is 0 Å². The molecule has 0 unspecified atom stereocenters. The molecule has 3 aromatic rings. The van der Waals surface area contributed by atoms with Crippen LogP contribution in [0, 0.1) is 5.82 Å². The van der Waals surface area contributed by atoms with Crippen molar-refractivity contribution in [3.8, 4) is 0 Å². The number of hydrogen-bond donors (Lipinski definition) is 1. The van der Waals surface area contributed by atoms with E-state index in [9.17, 15) is 22.4 Å². The number of hydrogen-bond acceptors (Lipinski definition) is 1. The van der Waals surface area contributed by atoms with Crippen molar-refractivity contribution in [2.24, 2.45) is 0 Å². The van der Waals surface area contributed by atoms with Crippen LogP contribution in [0.15, 0.2) is 42.5 Å². The van der Waals surface area contributed by atoms with Gasteiger partial charge in [-0.3, -0.25) is 0 Å². The van der Waals surface area contributed by atoms with Crippen LogP contribution in [0.2, 0.25) is 0 Å². The Labute approximate surface area is 151 Å². The molecule has 0 amide bonds. The van der Waals surface area contributed by atoms with E-state index in [4.69, 9.17) is 5.11 Å². The lowest BCUT2D eigenvalue weighted by atomic mass is 10.0. The van der Waals surface area contributed by atoms with Gasteiger partial charge in [-0.15, -0.1) is 0 Å². The molecule has 4 rings (SSSR count). The molecule has 1 N–H and O–H groups in total. The van der Waals surface area contributed by atoms with Gasteiger partial charge in [-0.1, -0.05) is 6.07 Å². The Morgan fingerprint density at radius 2 is 1.85 bits per heavy atom. The summed E-state index contributed by atoms with van der Waals surface area (Å²) in [5.74, 6) is -1.99. The minimum Gasteiger partial charge on any atom is -0.478 e. The summed E-state index contributed by atoms with van der Waals surface area (Å²) < 4.78 is 55.3. The van der Waals surface area contributed by atoms with Crippen LogP contribution < -0.4 is 0 Å². The Morgan fingerprint density at radius 3 is 2.48 bits per heavy atom. The Hall–Kier alpha value is -2.83. The quantitative estimate of drug-likeness (QED) is 0.617. The lowest BCUT2D eigenvalue weighted by molar-refractivity contribution is -0.138. The monoisotopic (exact) mass is 377 g/mol. The van der Waals surface area contributed by atoms with E-state index < -0.39 is 23.5 Å². The summed E-state index contributed by atoms with van der Waals surface area (Å²) in [6.45, 7) is 0. The number of carbonyl (C=O) groups is 1. The molecule has 1 heterocycles. The molecule has 140 valence electrons. The zero-order valence-corrected chi connectivity index (χ0v) is 14.1. The van der Waals surface area contributed by atoms with E-state index in [1.165, 1.54) is 12.1 Å². The van der Waals surface area contributed by atoms with Gasteiger partial charge in [0.15, 0.2) is 0 Å². The summed E-state index contributed by atoms with van der Waals surface area (Å²) >= 11 is 0. The van der Waals surface area contributed by atoms with Crippen LogP contribution in [0.1, 0.15) is 46.1 Å². The number of benzene rings is 2. The van der Waals surface area contributed by atoms with Crippen molar-refractivity contribution in [2.45, 2.75) is 31.5 Å². The summed E-state index contributed by atoms with van der Waals surface area (Å²) in [6.07, 6.45) is -2.81. The fraction of sp³-hybridized carbons (Fsp3) is 0.250. The molecule has 0 bridgehead atoms. The second kappa shape index (κ2) is 6.11. The molecule has 27 heavy (non-hydrogen) atoms. The number of carboxylic acid groups (broad SMARTS) is 1. The summed E-state index contributed by atoms with van der Waals surface area (Å²) in [5, 5.41) is 9.84. The average molecular weight is 377 g/mol. The number of aromatic carboxylic acids is 1. The van der Waals surface area contributed by atoms with Gasteiger partial charge >= 0.3 is 12.1 Å². The lowest BCUT2D eigenvalue weighted by Crippen LogP contribution is -2.11. The van der Waals surface area contributed by atoms with Crippen LogP contribution in [-0.4, -0.2) is 15.6 Å². The number of aromatic nitrogens is 1. The highest BCUT2D eigenvalue weighted by molar-refractivity contribution is 5.94. The van der Waals surface area contributed by atoms with Crippen LogP contribution in [-0.2, 0) is 12.6 Å². The first-order chi connectivity index (χ1) is 12.7. The van der Waals surface area contributed by atoms with Crippen LogP contribution in [0.3, 0.4) is 0 Å². The van der Waals surface area contributed by atoms with E-state index in [1.807, 2.05) is 4.57 Å². The van der Waals surface area contributed by atoms with Crippen LogP contribution in [0.25, 0.3) is 10.9 Å². The van der Waals surface area contributed by atoms with E-state index in [-0.39, 0.29) is 23.6 Å². The van der Waals surface area contributed by atoms with Crippen LogP contribution in [0.4, 0.5) is 17.6 Å². The molecule has 7 heteroatoms. The number of rotatable bonds is 4. The van der Waals surface area contributed by atoms with Gasteiger partial charge in [0.1, 0.15) is 5.82 Å². The SMILES string of the molecule is O=C(O)c1ccc2c(c1)cc(Cc1ccc(F)cc1C(F)(F)F)n2C1CC1. The number of halogens is 4. The lowest BCUT2D eigenvalue weighted by Gasteiger charge is -2.15. The van der Waals surface area contributed by atoms with Crippen molar-refractivity contribution in [3.05, 3.63) is 70.7 Å². The molecule has 3 nitrogen and oxygen atoms in total. The third-order valence-electron chi connectivity index (χ3n) is 4.83. The molecular formula is C20H15F4NO2.